The molecular formula is C8H12N2S2. The molecule has 1 aliphatic heterocycles. The zero-order valence-electron chi connectivity index (χ0n) is 6.82. The maximum absolute atomic E-state index is 5.58. The molecule has 2 rings (SSSR count). The summed E-state index contributed by atoms with van der Waals surface area (Å²) in [7, 11) is 0. The smallest absolute Gasteiger partial charge is 0.134 e. The first-order valence-electron chi connectivity index (χ1n) is 4.19. The zero-order valence-corrected chi connectivity index (χ0v) is 8.46. The number of aromatic nitrogens is 1. The molecule has 12 heavy (non-hydrogen) atoms. The van der Waals surface area contributed by atoms with Crippen LogP contribution in [0.3, 0.4) is 0 Å². The van der Waals surface area contributed by atoms with Gasteiger partial charge < -0.3 is 5.73 Å². The number of hydrogen-bond donors (Lipinski definition) is 1. The number of nitrogens with zero attached hydrogens (tertiary/aromatic N) is 1. The van der Waals surface area contributed by atoms with Gasteiger partial charge in [-0.05, 0) is 18.6 Å². The van der Waals surface area contributed by atoms with Gasteiger partial charge in [0.05, 0.1) is 5.25 Å². The highest BCUT2D eigenvalue weighted by atomic mass is 32.2. The summed E-state index contributed by atoms with van der Waals surface area (Å²) in [5, 5.41) is 3.78. The van der Waals surface area contributed by atoms with Crippen molar-refractivity contribution in [1.82, 2.24) is 4.98 Å². The Balaban J connectivity index is 2.08. The number of hydrogen-bond acceptors (Lipinski definition) is 4. The SMILES string of the molecule is Nc1csc(C2CCCCS2)n1. The molecule has 1 aliphatic rings. The van der Waals surface area contributed by atoms with Gasteiger partial charge in [0.1, 0.15) is 10.8 Å². The van der Waals surface area contributed by atoms with Crippen molar-refractivity contribution in [3.63, 3.8) is 0 Å². The van der Waals surface area contributed by atoms with E-state index in [1.54, 1.807) is 11.3 Å². The van der Waals surface area contributed by atoms with Crippen molar-refractivity contribution in [3.8, 4) is 0 Å². The van der Waals surface area contributed by atoms with Crippen molar-refractivity contribution in [3.05, 3.63) is 10.4 Å². The standard InChI is InChI=1S/C8H12N2S2/c9-7-5-12-8(10-7)6-3-1-2-4-11-6/h5-6H,1-4,9H2. The Morgan fingerprint density at radius 1 is 1.50 bits per heavy atom. The minimum atomic E-state index is 0.626. The van der Waals surface area contributed by atoms with E-state index in [2.05, 4.69) is 4.98 Å². The van der Waals surface area contributed by atoms with E-state index in [-0.39, 0.29) is 0 Å². The average molecular weight is 200 g/mol. The fourth-order valence-electron chi connectivity index (χ4n) is 1.38. The Hall–Kier alpha value is -0.220. The lowest BCUT2D eigenvalue weighted by Gasteiger charge is -2.18. The molecule has 2 nitrogen and oxygen atoms in total. The molecule has 1 fully saturated rings. The van der Waals surface area contributed by atoms with Crippen LogP contribution in [0.15, 0.2) is 5.38 Å². The third-order valence-electron chi connectivity index (χ3n) is 1.99. The summed E-state index contributed by atoms with van der Waals surface area (Å²) in [6.45, 7) is 0. The van der Waals surface area contributed by atoms with Gasteiger partial charge in [-0.1, -0.05) is 6.42 Å². The van der Waals surface area contributed by atoms with Gasteiger partial charge in [0.15, 0.2) is 0 Å². The number of nitrogen functional groups attached to an aromatic ring is 1. The quantitative estimate of drug-likeness (QED) is 0.757. The molecule has 4 heteroatoms. The number of rotatable bonds is 1. The van der Waals surface area contributed by atoms with Gasteiger partial charge in [0.25, 0.3) is 0 Å². The number of thioether (sulfide) groups is 1. The van der Waals surface area contributed by atoms with E-state index in [0.29, 0.717) is 11.1 Å². The largest absolute Gasteiger partial charge is 0.383 e. The Kier molecular flexibility index (Phi) is 2.56. The predicted molar refractivity (Wildman–Crippen MR) is 55.6 cm³/mol. The summed E-state index contributed by atoms with van der Waals surface area (Å²) >= 11 is 3.72. The van der Waals surface area contributed by atoms with E-state index in [4.69, 9.17) is 5.73 Å². The van der Waals surface area contributed by atoms with Gasteiger partial charge in [-0.3, -0.25) is 0 Å². The third-order valence-corrected chi connectivity index (χ3v) is 4.51. The van der Waals surface area contributed by atoms with Gasteiger partial charge in [-0.2, -0.15) is 11.8 Å². The summed E-state index contributed by atoms with van der Waals surface area (Å²) in [6.07, 6.45) is 3.98. The lowest BCUT2D eigenvalue weighted by Crippen LogP contribution is -2.01. The normalized spacial score (nSPS) is 24.2. The number of thiazole rings is 1. The predicted octanol–water partition coefficient (Wildman–Crippen LogP) is 2.68. The molecule has 66 valence electrons. The number of nitrogens with two attached hydrogens (primary N) is 1. The molecular weight excluding hydrogens is 188 g/mol. The van der Waals surface area contributed by atoms with E-state index >= 15 is 0 Å². The summed E-state index contributed by atoms with van der Waals surface area (Å²) in [5.41, 5.74) is 5.58. The average Bonchev–Trinajstić information content (AvgIpc) is 2.54. The van der Waals surface area contributed by atoms with Crippen molar-refractivity contribution in [1.29, 1.82) is 0 Å². The van der Waals surface area contributed by atoms with Crippen molar-refractivity contribution in [2.45, 2.75) is 24.5 Å². The maximum atomic E-state index is 5.58. The Bertz CT molecular complexity index is 253. The summed E-state index contributed by atoms with van der Waals surface area (Å²) in [5.74, 6) is 1.96. The fraction of sp³-hybridized carbons (Fsp3) is 0.625. The van der Waals surface area contributed by atoms with Crippen LogP contribution in [0.2, 0.25) is 0 Å². The molecule has 1 atom stereocenters. The molecule has 0 radical (unpaired) electrons. The first kappa shape index (κ1) is 8.38. The van der Waals surface area contributed by atoms with Crippen molar-refractivity contribution in [2.75, 3.05) is 11.5 Å². The van der Waals surface area contributed by atoms with Crippen LogP contribution in [0.25, 0.3) is 0 Å². The van der Waals surface area contributed by atoms with E-state index in [1.165, 1.54) is 30.0 Å². The lowest BCUT2D eigenvalue weighted by molar-refractivity contribution is 0.684. The number of anilines is 1. The van der Waals surface area contributed by atoms with Crippen LogP contribution in [0.4, 0.5) is 5.82 Å². The third kappa shape index (κ3) is 1.75. The molecule has 0 aromatic carbocycles. The fourth-order valence-corrected chi connectivity index (χ4v) is 3.66. The van der Waals surface area contributed by atoms with Gasteiger partial charge in [-0.25, -0.2) is 4.98 Å². The molecule has 0 bridgehead atoms. The van der Waals surface area contributed by atoms with Crippen LogP contribution in [0.5, 0.6) is 0 Å². The first-order valence-corrected chi connectivity index (χ1v) is 6.11. The molecule has 1 unspecified atom stereocenters. The van der Waals surface area contributed by atoms with E-state index < -0.39 is 0 Å². The van der Waals surface area contributed by atoms with Crippen LogP contribution in [0, 0.1) is 0 Å². The molecule has 1 saturated heterocycles. The van der Waals surface area contributed by atoms with Crippen molar-refractivity contribution in [2.24, 2.45) is 0 Å². The van der Waals surface area contributed by atoms with Gasteiger partial charge in [0, 0.05) is 5.38 Å². The highest BCUT2D eigenvalue weighted by Crippen LogP contribution is 2.39. The highest BCUT2D eigenvalue weighted by Gasteiger charge is 2.18. The first-order chi connectivity index (χ1) is 5.86. The van der Waals surface area contributed by atoms with Crippen LogP contribution >= 0.6 is 23.1 Å². The van der Waals surface area contributed by atoms with E-state index in [1.807, 2.05) is 17.1 Å². The second-order valence-corrected chi connectivity index (χ2v) is 5.17. The molecule has 2 N–H and O–H groups in total. The van der Waals surface area contributed by atoms with E-state index in [0.717, 1.165) is 0 Å². The van der Waals surface area contributed by atoms with Crippen LogP contribution in [0.1, 0.15) is 29.5 Å². The summed E-state index contributed by atoms with van der Waals surface area (Å²) < 4.78 is 0. The molecule has 0 amide bonds. The molecule has 0 saturated carbocycles. The molecule has 0 spiro atoms. The Labute approximate surface area is 80.6 Å². The Morgan fingerprint density at radius 3 is 3.00 bits per heavy atom. The summed E-state index contributed by atoms with van der Waals surface area (Å²) in [4.78, 5) is 4.31. The zero-order chi connectivity index (χ0) is 8.39. The molecule has 1 aromatic rings. The van der Waals surface area contributed by atoms with Gasteiger partial charge >= 0.3 is 0 Å². The van der Waals surface area contributed by atoms with Crippen LogP contribution in [-0.2, 0) is 0 Å². The van der Waals surface area contributed by atoms with Crippen molar-refractivity contribution >= 4 is 28.9 Å². The highest BCUT2D eigenvalue weighted by molar-refractivity contribution is 7.99. The second kappa shape index (κ2) is 3.66. The van der Waals surface area contributed by atoms with E-state index in [9.17, 15) is 0 Å². The lowest BCUT2D eigenvalue weighted by atomic mass is 10.2. The maximum Gasteiger partial charge on any atom is 0.134 e. The molecule has 0 aliphatic carbocycles. The monoisotopic (exact) mass is 200 g/mol. The topological polar surface area (TPSA) is 38.9 Å². The van der Waals surface area contributed by atoms with Gasteiger partial charge in [0.2, 0.25) is 0 Å². The summed E-state index contributed by atoms with van der Waals surface area (Å²) in [6, 6.07) is 0. The van der Waals surface area contributed by atoms with Crippen molar-refractivity contribution < 1.29 is 0 Å². The minimum Gasteiger partial charge on any atom is -0.383 e. The second-order valence-electron chi connectivity index (χ2n) is 2.97. The van der Waals surface area contributed by atoms with Gasteiger partial charge in [-0.15, -0.1) is 11.3 Å². The van der Waals surface area contributed by atoms with Crippen LogP contribution in [-0.4, -0.2) is 10.7 Å². The molecule has 2 heterocycles. The minimum absolute atomic E-state index is 0.626. The Morgan fingerprint density at radius 2 is 2.42 bits per heavy atom. The molecule has 1 aromatic heterocycles. The van der Waals surface area contributed by atoms with Crippen LogP contribution < -0.4 is 5.73 Å².